The number of halogens is 3. The Bertz CT molecular complexity index is 490. The first-order chi connectivity index (χ1) is 7.35. The summed E-state index contributed by atoms with van der Waals surface area (Å²) in [7, 11) is -3.89. The largest absolute Gasteiger partial charge is 0.329 e. The SMILES string of the molecule is NCCS(=O)(=O)Nc1cc(F)cc(F)c1F. The van der Waals surface area contributed by atoms with Gasteiger partial charge in [-0.25, -0.2) is 21.6 Å². The number of hydrogen-bond acceptors (Lipinski definition) is 3. The zero-order chi connectivity index (χ0) is 12.3. The third kappa shape index (κ3) is 3.11. The quantitative estimate of drug-likeness (QED) is 0.781. The fraction of sp³-hybridized carbons (Fsp3) is 0.250. The maximum Gasteiger partial charge on any atom is 0.234 e. The fourth-order valence-electron chi connectivity index (χ4n) is 1.00. The Labute approximate surface area is 90.3 Å². The third-order valence-electron chi connectivity index (χ3n) is 1.65. The Morgan fingerprint density at radius 2 is 1.88 bits per heavy atom. The highest BCUT2D eigenvalue weighted by molar-refractivity contribution is 7.92. The molecule has 0 aliphatic carbocycles. The molecule has 0 heterocycles. The van der Waals surface area contributed by atoms with Crippen LogP contribution in [-0.2, 0) is 10.0 Å². The van der Waals surface area contributed by atoms with E-state index in [1.807, 2.05) is 0 Å². The van der Waals surface area contributed by atoms with Gasteiger partial charge in [-0.15, -0.1) is 0 Å². The highest BCUT2D eigenvalue weighted by Crippen LogP contribution is 2.20. The minimum absolute atomic E-state index is 0.186. The molecule has 0 atom stereocenters. The second-order valence-corrected chi connectivity index (χ2v) is 4.80. The second-order valence-electron chi connectivity index (χ2n) is 2.96. The molecule has 0 radical (unpaired) electrons. The molecule has 1 aromatic rings. The molecule has 4 nitrogen and oxygen atoms in total. The summed E-state index contributed by atoms with van der Waals surface area (Å²) in [5.41, 5.74) is 4.23. The lowest BCUT2D eigenvalue weighted by atomic mass is 10.3. The normalized spacial score (nSPS) is 11.5. The first-order valence-corrected chi connectivity index (χ1v) is 5.86. The lowest BCUT2D eigenvalue weighted by molar-refractivity contribution is 0.498. The summed E-state index contributed by atoms with van der Waals surface area (Å²) in [6, 6.07) is 0.864. The average Bonchev–Trinajstić information content (AvgIpc) is 2.12. The molecule has 90 valence electrons. The molecule has 0 amide bonds. The molecule has 1 rings (SSSR count). The molecule has 0 spiro atoms. The van der Waals surface area contributed by atoms with Crippen molar-refractivity contribution in [1.82, 2.24) is 0 Å². The van der Waals surface area contributed by atoms with E-state index in [0.717, 1.165) is 0 Å². The highest BCUT2D eigenvalue weighted by atomic mass is 32.2. The number of sulfonamides is 1. The first-order valence-electron chi connectivity index (χ1n) is 4.21. The number of nitrogens with two attached hydrogens (primary N) is 1. The Morgan fingerprint density at radius 3 is 2.44 bits per heavy atom. The molecule has 0 unspecified atom stereocenters. The van der Waals surface area contributed by atoms with Gasteiger partial charge in [0.2, 0.25) is 10.0 Å². The van der Waals surface area contributed by atoms with Crippen LogP contribution < -0.4 is 10.5 Å². The van der Waals surface area contributed by atoms with Crippen LogP contribution in [0.2, 0.25) is 0 Å². The van der Waals surface area contributed by atoms with Gasteiger partial charge in [-0.2, -0.15) is 0 Å². The molecule has 0 aromatic heterocycles. The number of rotatable bonds is 4. The lowest BCUT2D eigenvalue weighted by Crippen LogP contribution is -2.23. The van der Waals surface area contributed by atoms with E-state index in [1.165, 1.54) is 0 Å². The summed E-state index contributed by atoms with van der Waals surface area (Å²) in [6.07, 6.45) is 0. The summed E-state index contributed by atoms with van der Waals surface area (Å²) in [5.74, 6) is -4.47. The fourth-order valence-corrected chi connectivity index (χ4v) is 1.90. The van der Waals surface area contributed by atoms with Crippen molar-refractivity contribution in [3.05, 3.63) is 29.6 Å². The molecule has 3 N–H and O–H groups in total. The minimum Gasteiger partial charge on any atom is -0.329 e. The zero-order valence-electron chi connectivity index (χ0n) is 8.00. The lowest BCUT2D eigenvalue weighted by Gasteiger charge is -2.08. The van der Waals surface area contributed by atoms with Gasteiger partial charge < -0.3 is 5.73 Å². The Balaban J connectivity index is 3.07. The molecule has 0 aliphatic rings. The molecule has 1 aromatic carbocycles. The van der Waals surface area contributed by atoms with Gasteiger partial charge in [-0.1, -0.05) is 0 Å². The molecule has 0 bridgehead atoms. The van der Waals surface area contributed by atoms with Gasteiger partial charge in [0.05, 0.1) is 11.4 Å². The monoisotopic (exact) mass is 254 g/mol. The molecule has 8 heteroatoms. The van der Waals surface area contributed by atoms with Gasteiger partial charge in [0.1, 0.15) is 5.82 Å². The van der Waals surface area contributed by atoms with Gasteiger partial charge in [-0.05, 0) is 0 Å². The molecular formula is C8H9F3N2O2S. The van der Waals surface area contributed by atoms with Crippen molar-refractivity contribution >= 4 is 15.7 Å². The summed E-state index contributed by atoms with van der Waals surface area (Å²) < 4.78 is 62.5. The van der Waals surface area contributed by atoms with Crippen molar-refractivity contribution in [2.24, 2.45) is 5.73 Å². The number of hydrogen-bond donors (Lipinski definition) is 2. The van der Waals surface area contributed by atoms with E-state index in [0.29, 0.717) is 12.1 Å². The molecule has 0 fully saturated rings. The van der Waals surface area contributed by atoms with Crippen LogP contribution >= 0.6 is 0 Å². The number of benzene rings is 1. The molecule has 0 saturated heterocycles. The van der Waals surface area contributed by atoms with Crippen molar-refractivity contribution < 1.29 is 21.6 Å². The smallest absolute Gasteiger partial charge is 0.234 e. The standard InChI is InChI=1S/C8H9F3N2O2S/c9-5-3-6(10)8(11)7(4-5)13-16(14,15)2-1-12/h3-4,13H,1-2,12H2. The number of anilines is 1. The third-order valence-corrected chi connectivity index (χ3v) is 2.95. The maximum atomic E-state index is 13.1. The minimum atomic E-state index is -3.89. The van der Waals surface area contributed by atoms with E-state index in [2.05, 4.69) is 0 Å². The maximum absolute atomic E-state index is 13.1. The van der Waals surface area contributed by atoms with Gasteiger partial charge in [0.25, 0.3) is 0 Å². The van der Waals surface area contributed by atoms with Crippen LogP contribution in [0.3, 0.4) is 0 Å². The second kappa shape index (κ2) is 4.71. The Kier molecular flexibility index (Phi) is 3.76. The van der Waals surface area contributed by atoms with E-state index in [4.69, 9.17) is 5.73 Å². The molecular weight excluding hydrogens is 245 g/mol. The van der Waals surface area contributed by atoms with Crippen LogP contribution in [0.15, 0.2) is 12.1 Å². The topological polar surface area (TPSA) is 72.2 Å². The van der Waals surface area contributed by atoms with E-state index < -0.39 is 38.9 Å². The van der Waals surface area contributed by atoms with Gasteiger partial charge in [0, 0.05) is 18.7 Å². The Hall–Kier alpha value is -1.28. The van der Waals surface area contributed by atoms with Crippen LogP contribution in [-0.4, -0.2) is 20.7 Å². The molecule has 16 heavy (non-hydrogen) atoms. The van der Waals surface area contributed by atoms with Crippen LogP contribution in [0, 0.1) is 17.5 Å². The van der Waals surface area contributed by atoms with Crippen molar-refractivity contribution in [2.45, 2.75) is 0 Å². The average molecular weight is 254 g/mol. The van der Waals surface area contributed by atoms with Gasteiger partial charge in [-0.3, -0.25) is 4.72 Å². The molecule has 0 aliphatic heterocycles. The van der Waals surface area contributed by atoms with Crippen molar-refractivity contribution in [1.29, 1.82) is 0 Å². The van der Waals surface area contributed by atoms with E-state index in [9.17, 15) is 21.6 Å². The summed E-state index contributed by atoms with van der Waals surface area (Å²) in [4.78, 5) is 0. The number of nitrogens with one attached hydrogen (secondary N) is 1. The highest BCUT2D eigenvalue weighted by Gasteiger charge is 2.16. The van der Waals surface area contributed by atoms with Crippen molar-refractivity contribution in [3.8, 4) is 0 Å². The van der Waals surface area contributed by atoms with Gasteiger partial charge in [0.15, 0.2) is 11.6 Å². The van der Waals surface area contributed by atoms with Crippen LogP contribution in [0.25, 0.3) is 0 Å². The van der Waals surface area contributed by atoms with E-state index in [1.54, 1.807) is 4.72 Å². The summed E-state index contributed by atoms with van der Waals surface area (Å²) in [6.45, 7) is -0.186. The van der Waals surface area contributed by atoms with Crippen LogP contribution in [0.1, 0.15) is 0 Å². The van der Waals surface area contributed by atoms with Crippen molar-refractivity contribution in [3.63, 3.8) is 0 Å². The van der Waals surface area contributed by atoms with Crippen LogP contribution in [0.4, 0.5) is 18.9 Å². The van der Waals surface area contributed by atoms with Crippen molar-refractivity contribution in [2.75, 3.05) is 17.0 Å². The zero-order valence-corrected chi connectivity index (χ0v) is 8.82. The predicted molar refractivity (Wildman–Crippen MR) is 52.8 cm³/mol. The predicted octanol–water partition coefficient (Wildman–Crippen LogP) is 0.804. The molecule has 0 saturated carbocycles. The summed E-state index contributed by atoms with van der Waals surface area (Å²) in [5, 5.41) is 0. The van der Waals surface area contributed by atoms with E-state index >= 15 is 0 Å². The first kappa shape index (κ1) is 12.8. The summed E-state index contributed by atoms with van der Waals surface area (Å²) >= 11 is 0. The van der Waals surface area contributed by atoms with Crippen LogP contribution in [0.5, 0.6) is 0 Å². The van der Waals surface area contributed by atoms with E-state index in [-0.39, 0.29) is 6.54 Å². The van der Waals surface area contributed by atoms with Gasteiger partial charge >= 0.3 is 0 Å². The Morgan fingerprint density at radius 1 is 1.25 bits per heavy atom.